The molecule has 0 radical (unpaired) electrons. The van der Waals surface area contributed by atoms with Gasteiger partial charge < -0.3 is 4.74 Å². The van der Waals surface area contributed by atoms with Gasteiger partial charge in [0, 0.05) is 10.2 Å². The van der Waals surface area contributed by atoms with E-state index in [1.165, 1.54) is 7.11 Å². The second-order valence-electron chi connectivity index (χ2n) is 6.08. The van der Waals surface area contributed by atoms with Gasteiger partial charge in [-0.2, -0.15) is 11.8 Å². The Morgan fingerprint density at radius 2 is 2.04 bits per heavy atom. The predicted molar refractivity (Wildman–Crippen MR) is 94.3 cm³/mol. The van der Waals surface area contributed by atoms with Gasteiger partial charge in [-0.05, 0) is 50.3 Å². The summed E-state index contributed by atoms with van der Waals surface area (Å²) in [5, 5.41) is 0. The van der Waals surface area contributed by atoms with Gasteiger partial charge in [-0.25, -0.2) is 0 Å². The second-order valence-corrected chi connectivity index (χ2v) is 9.73. The van der Waals surface area contributed by atoms with Crippen LogP contribution in [0.1, 0.15) is 30.4 Å². The molecule has 10 heteroatoms. The van der Waals surface area contributed by atoms with Crippen LogP contribution in [0.5, 0.6) is 0 Å². The van der Waals surface area contributed by atoms with Crippen molar-refractivity contribution in [3.63, 3.8) is 0 Å². The topological polar surface area (TPSA) is 61.8 Å². The Kier molecular flexibility index (Phi) is 7.46. The molecule has 0 bridgehead atoms. The van der Waals surface area contributed by atoms with Crippen LogP contribution in [0, 0.1) is 5.41 Å². The van der Waals surface area contributed by atoms with Gasteiger partial charge in [0.25, 0.3) is 0 Å². The maximum Gasteiger partial charge on any atom is 0.399 e. The highest BCUT2D eigenvalue weighted by atomic mass is 79.9. The van der Waals surface area contributed by atoms with Gasteiger partial charge in [0.2, 0.25) is 0 Å². The van der Waals surface area contributed by atoms with Crippen molar-refractivity contribution in [3.8, 4) is 0 Å². The first-order valence-corrected chi connectivity index (χ1v) is 11.1. The summed E-state index contributed by atoms with van der Waals surface area (Å²) >= 11 is 5.01. The van der Waals surface area contributed by atoms with Crippen LogP contribution in [-0.2, 0) is 35.5 Å². The number of esters is 1. The minimum Gasteiger partial charge on any atom is -0.469 e. The molecule has 0 aromatic heterocycles. The summed E-state index contributed by atoms with van der Waals surface area (Å²) in [6.07, 6.45) is 1.98. The molecule has 0 N–H and O–H groups in total. The standard InChI is InChI=1S/C15H18BrF2O5PS/c1-21-14(19)7-15(4-5-15)10-25-9-11-2-3-12(13(16)6-11)8-24(20,22-17)23-18/h2-3,6H,4-5,7-10H2,1H3. The molecule has 0 saturated heterocycles. The van der Waals surface area contributed by atoms with Gasteiger partial charge in [-0.15, -0.1) is 9.46 Å². The number of thioether (sulfide) groups is 1. The molecule has 25 heavy (non-hydrogen) atoms. The molecule has 0 unspecified atom stereocenters. The predicted octanol–water partition coefficient (Wildman–Crippen LogP) is 5.52. The van der Waals surface area contributed by atoms with Gasteiger partial charge in [0.15, 0.2) is 0 Å². The van der Waals surface area contributed by atoms with E-state index in [1.807, 2.05) is 0 Å². The first kappa shape index (κ1) is 20.8. The molecule has 0 spiro atoms. The van der Waals surface area contributed by atoms with E-state index in [4.69, 9.17) is 4.74 Å². The van der Waals surface area contributed by atoms with Crippen LogP contribution in [0.15, 0.2) is 22.7 Å². The third-order valence-corrected chi connectivity index (χ3v) is 7.31. The van der Waals surface area contributed by atoms with E-state index < -0.39 is 13.8 Å². The van der Waals surface area contributed by atoms with Crippen LogP contribution in [0.4, 0.5) is 9.05 Å². The average molecular weight is 459 g/mol. The molecule has 2 rings (SSSR count). The number of benzene rings is 1. The SMILES string of the molecule is COC(=O)CC1(CSCc2ccc(CP(=O)(OF)OF)c(Br)c2)CC1. The number of carbonyl (C=O) groups excluding carboxylic acids is 1. The Morgan fingerprint density at radius 1 is 1.36 bits per heavy atom. The first-order chi connectivity index (χ1) is 11.9. The summed E-state index contributed by atoms with van der Waals surface area (Å²) in [5.41, 5.74) is 1.46. The summed E-state index contributed by atoms with van der Waals surface area (Å²) in [6.45, 7) is 0. The highest BCUT2D eigenvalue weighted by molar-refractivity contribution is 9.10. The molecule has 1 aliphatic rings. The molecule has 140 valence electrons. The molecule has 0 amide bonds. The fourth-order valence-corrected chi connectivity index (χ4v) is 5.33. The minimum absolute atomic E-state index is 0.0541. The van der Waals surface area contributed by atoms with Crippen LogP contribution in [0.2, 0.25) is 0 Å². The highest BCUT2D eigenvalue weighted by Gasteiger charge is 2.44. The van der Waals surface area contributed by atoms with Crippen molar-refractivity contribution in [3.05, 3.63) is 33.8 Å². The van der Waals surface area contributed by atoms with Crippen molar-refractivity contribution in [2.24, 2.45) is 5.41 Å². The number of ether oxygens (including phenoxy) is 1. The number of hydrogen-bond donors (Lipinski definition) is 0. The van der Waals surface area contributed by atoms with Crippen molar-refractivity contribution in [2.45, 2.75) is 31.2 Å². The van der Waals surface area contributed by atoms with E-state index in [-0.39, 0.29) is 11.4 Å². The molecule has 0 aliphatic heterocycles. The van der Waals surface area contributed by atoms with Crippen molar-refractivity contribution in [1.82, 2.24) is 0 Å². The third kappa shape index (κ3) is 6.03. The molecule has 1 saturated carbocycles. The smallest absolute Gasteiger partial charge is 0.399 e. The van der Waals surface area contributed by atoms with E-state index in [1.54, 1.807) is 30.0 Å². The summed E-state index contributed by atoms with van der Waals surface area (Å²) in [5.74, 6) is 1.40. The van der Waals surface area contributed by atoms with E-state index in [2.05, 4.69) is 25.4 Å². The number of rotatable bonds is 10. The molecular formula is C15H18BrF2O5PS. The maximum absolute atomic E-state index is 12.2. The largest absolute Gasteiger partial charge is 0.469 e. The van der Waals surface area contributed by atoms with Gasteiger partial charge in [0.1, 0.15) is 0 Å². The molecular weight excluding hydrogens is 441 g/mol. The zero-order valence-corrected chi connectivity index (χ0v) is 16.8. The molecule has 1 aliphatic carbocycles. The first-order valence-electron chi connectivity index (χ1n) is 7.47. The minimum atomic E-state index is -4.41. The lowest BCUT2D eigenvalue weighted by atomic mass is 10.1. The Morgan fingerprint density at radius 3 is 2.56 bits per heavy atom. The van der Waals surface area contributed by atoms with Crippen LogP contribution in [0.3, 0.4) is 0 Å². The van der Waals surface area contributed by atoms with Gasteiger partial charge in [-0.3, -0.25) is 9.36 Å². The number of halogens is 3. The number of carbonyl (C=O) groups is 1. The Labute approximate surface area is 157 Å². The van der Waals surface area contributed by atoms with Crippen molar-refractivity contribution >= 4 is 41.3 Å². The van der Waals surface area contributed by atoms with E-state index in [9.17, 15) is 18.4 Å². The van der Waals surface area contributed by atoms with Crippen LogP contribution in [0.25, 0.3) is 0 Å². The Bertz CT molecular complexity index is 663. The second kappa shape index (κ2) is 8.95. The highest BCUT2D eigenvalue weighted by Crippen LogP contribution is 2.53. The number of hydrogen-bond acceptors (Lipinski definition) is 6. The summed E-state index contributed by atoms with van der Waals surface area (Å²) < 4.78 is 47.4. The monoisotopic (exact) mass is 458 g/mol. The lowest BCUT2D eigenvalue weighted by Gasteiger charge is -2.14. The van der Waals surface area contributed by atoms with E-state index in [0.717, 1.165) is 29.9 Å². The molecule has 1 aromatic rings. The van der Waals surface area contributed by atoms with Crippen molar-refractivity contribution in [1.29, 1.82) is 0 Å². The molecule has 0 heterocycles. The van der Waals surface area contributed by atoms with Crippen LogP contribution < -0.4 is 0 Å². The van der Waals surface area contributed by atoms with Gasteiger partial charge in [0.05, 0.1) is 19.7 Å². The van der Waals surface area contributed by atoms with Crippen LogP contribution >= 0.6 is 35.3 Å². The summed E-state index contributed by atoms with van der Waals surface area (Å²) in [4.78, 5) is 11.4. The molecule has 1 aromatic carbocycles. The quantitative estimate of drug-likeness (QED) is 0.339. The maximum atomic E-state index is 12.2. The van der Waals surface area contributed by atoms with Crippen molar-refractivity contribution in [2.75, 3.05) is 12.9 Å². The molecule has 1 fully saturated rings. The summed E-state index contributed by atoms with van der Waals surface area (Å²) in [7, 11) is -3.01. The van der Waals surface area contributed by atoms with E-state index in [0.29, 0.717) is 16.5 Å². The Balaban J connectivity index is 1.89. The average Bonchev–Trinajstić information content (AvgIpc) is 3.36. The lowest BCUT2D eigenvalue weighted by Crippen LogP contribution is -2.13. The lowest BCUT2D eigenvalue weighted by molar-refractivity contribution is -0.141. The fraction of sp³-hybridized carbons (Fsp3) is 0.533. The summed E-state index contributed by atoms with van der Waals surface area (Å²) in [6, 6.07) is 5.20. The Hall–Kier alpha value is -0.470. The third-order valence-electron chi connectivity index (χ3n) is 4.07. The fourth-order valence-electron chi connectivity index (χ4n) is 2.39. The zero-order chi connectivity index (χ0) is 18.5. The normalized spacial score (nSPS) is 15.8. The van der Waals surface area contributed by atoms with Gasteiger partial charge >= 0.3 is 13.6 Å². The van der Waals surface area contributed by atoms with Crippen molar-refractivity contribution < 1.29 is 32.6 Å². The van der Waals surface area contributed by atoms with E-state index >= 15 is 0 Å². The number of methoxy groups -OCH3 is 1. The van der Waals surface area contributed by atoms with Crippen LogP contribution in [-0.4, -0.2) is 18.8 Å². The zero-order valence-electron chi connectivity index (χ0n) is 13.5. The molecule has 0 atom stereocenters. The van der Waals surface area contributed by atoms with Gasteiger partial charge in [-0.1, -0.05) is 28.1 Å². The molecule has 5 nitrogen and oxygen atoms in total.